The molecule has 0 aliphatic carbocycles. The molecule has 2 aromatic heterocycles. The zero-order valence-electron chi connectivity index (χ0n) is 23.1. The van der Waals surface area contributed by atoms with Crippen LogP contribution in [0, 0.1) is 11.8 Å². The van der Waals surface area contributed by atoms with Crippen LogP contribution in [-0.2, 0) is 25.5 Å². The molecule has 0 radical (unpaired) electrons. The fraction of sp³-hybridized carbons (Fsp3) is 0.692. The number of carbonyl (C=O) groups is 3. The second-order valence-corrected chi connectivity index (χ2v) is 10.9. The predicted molar refractivity (Wildman–Crippen MR) is 144 cm³/mol. The average molecular weight is 575 g/mol. The number of nitrogens with one attached hydrogen (secondary N) is 2. The molecule has 2 unspecified atom stereocenters. The van der Waals surface area contributed by atoms with Gasteiger partial charge >= 0.3 is 6.09 Å². The Labute approximate surface area is 236 Å². The fourth-order valence-electron chi connectivity index (χ4n) is 5.68. The third-order valence-corrected chi connectivity index (χ3v) is 8.01. The quantitative estimate of drug-likeness (QED) is 0.257. The van der Waals surface area contributed by atoms with Crippen molar-refractivity contribution in [2.45, 2.75) is 70.0 Å². The molecule has 5 heterocycles. The predicted octanol–water partition coefficient (Wildman–Crippen LogP) is -0.529. The largest absolute Gasteiger partial charge is 0.449 e. The summed E-state index contributed by atoms with van der Waals surface area (Å²) in [6.45, 7) is 4.18. The van der Waals surface area contributed by atoms with Crippen molar-refractivity contribution in [3.05, 3.63) is 12.2 Å². The fourth-order valence-corrected chi connectivity index (χ4v) is 5.68. The number of nitrogens with two attached hydrogens (primary N) is 1. The van der Waals surface area contributed by atoms with Crippen molar-refractivity contribution in [1.29, 1.82) is 0 Å². The number of hydrogen-bond donors (Lipinski definition) is 5. The second-order valence-electron chi connectivity index (χ2n) is 10.9. The average Bonchev–Trinajstić information content (AvgIpc) is 3.65. The number of nitrogen functional groups attached to an aromatic ring is 1. The molecule has 5 rings (SSSR count). The molecule has 6 N–H and O–H groups in total. The van der Waals surface area contributed by atoms with Crippen LogP contribution < -0.4 is 16.4 Å². The van der Waals surface area contributed by atoms with Crippen LogP contribution in [0.1, 0.15) is 51.1 Å². The number of likely N-dealkylation sites (N-methyl/N-ethyl adjacent to an activating group) is 1. The molecule has 224 valence electrons. The summed E-state index contributed by atoms with van der Waals surface area (Å²) < 4.78 is 12.6. The maximum Gasteiger partial charge on any atom is 0.409 e. The van der Waals surface area contributed by atoms with Crippen LogP contribution in [0.4, 0.5) is 10.6 Å². The van der Waals surface area contributed by atoms with Gasteiger partial charge < -0.3 is 41.0 Å². The highest BCUT2D eigenvalue weighted by atomic mass is 16.6. The number of anilines is 1. The first-order valence-electron chi connectivity index (χ1n) is 14.2. The van der Waals surface area contributed by atoms with E-state index in [2.05, 4.69) is 25.6 Å². The van der Waals surface area contributed by atoms with Gasteiger partial charge in [0.1, 0.15) is 23.5 Å². The van der Waals surface area contributed by atoms with Crippen molar-refractivity contribution in [2.24, 2.45) is 11.8 Å². The highest BCUT2D eigenvalue weighted by Crippen LogP contribution is 2.32. The van der Waals surface area contributed by atoms with E-state index in [1.807, 2.05) is 0 Å². The molecule has 0 spiro atoms. The molecule has 15 nitrogen and oxygen atoms in total. The lowest BCUT2D eigenvalue weighted by Gasteiger charge is -2.31. The van der Waals surface area contributed by atoms with Crippen molar-refractivity contribution >= 4 is 34.9 Å². The molecule has 0 bridgehead atoms. The Morgan fingerprint density at radius 1 is 1.22 bits per heavy atom. The molecule has 0 saturated carbocycles. The molecular weight excluding hydrogens is 536 g/mol. The number of carbonyl (C=O) groups excluding carboxylic acids is 3. The maximum absolute atomic E-state index is 12.4. The Morgan fingerprint density at radius 3 is 2.71 bits per heavy atom. The molecule has 3 saturated heterocycles. The topological polar surface area (TPSA) is 207 Å². The van der Waals surface area contributed by atoms with Crippen LogP contribution in [0.3, 0.4) is 0 Å². The Kier molecular flexibility index (Phi) is 8.85. The summed E-state index contributed by atoms with van der Waals surface area (Å²) in [6, 6.07) is 0. The van der Waals surface area contributed by atoms with E-state index in [1.54, 1.807) is 11.8 Å². The van der Waals surface area contributed by atoms with E-state index in [0.29, 0.717) is 61.9 Å². The van der Waals surface area contributed by atoms with Gasteiger partial charge in [0.05, 0.1) is 12.9 Å². The SMILES string of the molecule is CCNC(=O)[C@H]1O[C@@H](n2cnc3c(N)nc(CCCC4CCN(C(=O)OCC5CNC(=O)C5)CC4)nc32)[C@@H](O)C1O. The summed E-state index contributed by atoms with van der Waals surface area (Å²) in [6.07, 6.45) is 0.477. The van der Waals surface area contributed by atoms with Crippen LogP contribution in [0.25, 0.3) is 11.2 Å². The Bertz CT molecular complexity index is 1260. The summed E-state index contributed by atoms with van der Waals surface area (Å²) in [7, 11) is 0. The second kappa shape index (κ2) is 12.5. The number of nitrogens with zero attached hydrogens (tertiary/aromatic N) is 5. The Balaban J connectivity index is 1.13. The van der Waals surface area contributed by atoms with Gasteiger partial charge in [-0.1, -0.05) is 0 Å². The summed E-state index contributed by atoms with van der Waals surface area (Å²) >= 11 is 0. The van der Waals surface area contributed by atoms with Crippen molar-refractivity contribution in [2.75, 3.05) is 38.5 Å². The lowest BCUT2D eigenvalue weighted by molar-refractivity contribution is -0.137. The number of rotatable bonds is 9. The van der Waals surface area contributed by atoms with Gasteiger partial charge in [-0.3, -0.25) is 14.2 Å². The number of aliphatic hydroxyl groups excluding tert-OH is 2. The summed E-state index contributed by atoms with van der Waals surface area (Å²) in [5, 5.41) is 26.4. The van der Waals surface area contributed by atoms with E-state index >= 15 is 0 Å². The number of aliphatic hydroxyl groups is 2. The normalized spacial score (nSPS) is 26.9. The van der Waals surface area contributed by atoms with Gasteiger partial charge in [-0.25, -0.2) is 19.7 Å². The van der Waals surface area contributed by atoms with Gasteiger partial charge in [-0.2, -0.15) is 0 Å². The number of hydrogen-bond acceptors (Lipinski definition) is 11. The van der Waals surface area contributed by atoms with Crippen LogP contribution in [0.2, 0.25) is 0 Å². The molecule has 0 aromatic carbocycles. The Hall–Kier alpha value is -3.56. The maximum atomic E-state index is 12.4. The van der Waals surface area contributed by atoms with E-state index in [4.69, 9.17) is 15.2 Å². The molecular formula is C26H38N8O7. The van der Waals surface area contributed by atoms with Crippen LogP contribution in [-0.4, -0.2) is 104 Å². The van der Waals surface area contributed by atoms with Crippen molar-refractivity contribution in [3.63, 3.8) is 0 Å². The molecule has 15 heteroatoms. The first-order chi connectivity index (χ1) is 19.7. The van der Waals surface area contributed by atoms with E-state index in [-0.39, 0.29) is 30.3 Å². The van der Waals surface area contributed by atoms with Gasteiger partial charge in [0.25, 0.3) is 5.91 Å². The highest BCUT2D eigenvalue weighted by Gasteiger charge is 2.47. The Morgan fingerprint density at radius 2 is 2.00 bits per heavy atom. The van der Waals surface area contributed by atoms with Crippen LogP contribution in [0.5, 0.6) is 0 Å². The molecule has 41 heavy (non-hydrogen) atoms. The van der Waals surface area contributed by atoms with Crippen LogP contribution in [0.15, 0.2) is 6.33 Å². The number of aromatic nitrogens is 4. The smallest absolute Gasteiger partial charge is 0.409 e. The van der Waals surface area contributed by atoms with Gasteiger partial charge in [0.15, 0.2) is 23.8 Å². The highest BCUT2D eigenvalue weighted by molar-refractivity contribution is 5.83. The van der Waals surface area contributed by atoms with Gasteiger partial charge in [0.2, 0.25) is 5.91 Å². The molecule has 5 atom stereocenters. The number of amides is 3. The first-order valence-corrected chi connectivity index (χ1v) is 14.2. The lowest BCUT2D eigenvalue weighted by atomic mass is 9.91. The van der Waals surface area contributed by atoms with Crippen molar-refractivity contribution < 1.29 is 34.1 Å². The third kappa shape index (κ3) is 6.36. The molecule has 3 aliphatic rings. The molecule has 3 aliphatic heterocycles. The molecule has 3 fully saturated rings. The number of fused-ring (bicyclic) bond motifs is 1. The van der Waals surface area contributed by atoms with Crippen LogP contribution >= 0.6 is 0 Å². The number of aryl methyl sites for hydroxylation is 1. The summed E-state index contributed by atoms with van der Waals surface area (Å²) in [5.41, 5.74) is 6.86. The van der Waals surface area contributed by atoms with Crippen molar-refractivity contribution in [3.8, 4) is 0 Å². The number of likely N-dealkylation sites (tertiary alicyclic amines) is 1. The number of ether oxygens (including phenoxy) is 2. The molecule has 3 amide bonds. The summed E-state index contributed by atoms with van der Waals surface area (Å²) in [4.78, 5) is 51.0. The zero-order valence-corrected chi connectivity index (χ0v) is 23.1. The van der Waals surface area contributed by atoms with Gasteiger partial charge in [-0.05, 0) is 38.5 Å². The standard InChI is InChI=1S/C26H38N8O7/c1-2-28-24(38)21-19(36)20(37)25(41-21)34-13-30-18-22(27)31-16(32-23(18)34)5-3-4-14-6-8-33(9-7-14)26(39)40-12-15-10-17(35)29-11-15/h13-15,19-21,25,36-37H,2-12H2,1H3,(H,28,38)(H,29,35)(H2,27,31,32)/t15?,19?,20-,21-,25+/m0/s1. The number of piperidine rings is 1. The first kappa shape index (κ1) is 29.0. The van der Waals surface area contributed by atoms with Gasteiger partial charge in [-0.15, -0.1) is 0 Å². The van der Waals surface area contributed by atoms with Crippen molar-refractivity contribution in [1.82, 2.24) is 35.1 Å². The summed E-state index contributed by atoms with van der Waals surface area (Å²) in [5.74, 6) is 0.704. The van der Waals surface area contributed by atoms with E-state index < -0.39 is 30.4 Å². The minimum atomic E-state index is -1.41. The lowest BCUT2D eigenvalue weighted by Crippen LogP contribution is -2.42. The van der Waals surface area contributed by atoms with E-state index in [0.717, 1.165) is 25.7 Å². The van der Waals surface area contributed by atoms with E-state index in [9.17, 15) is 24.6 Å². The monoisotopic (exact) mass is 574 g/mol. The zero-order chi connectivity index (χ0) is 29.1. The minimum absolute atomic E-state index is 0.00151. The number of imidazole rings is 1. The third-order valence-electron chi connectivity index (χ3n) is 8.01. The molecule has 2 aromatic rings. The van der Waals surface area contributed by atoms with Gasteiger partial charge in [0, 0.05) is 44.9 Å². The van der Waals surface area contributed by atoms with E-state index in [1.165, 1.54) is 10.9 Å². The minimum Gasteiger partial charge on any atom is -0.449 e.